The molecule has 1 N–H and O–H groups in total. The second-order valence-corrected chi connectivity index (χ2v) is 7.52. The van der Waals surface area contributed by atoms with E-state index in [1.54, 1.807) is 31.2 Å². The van der Waals surface area contributed by atoms with Gasteiger partial charge in [-0.25, -0.2) is 9.78 Å². The number of anilines is 1. The van der Waals surface area contributed by atoms with E-state index < -0.39 is 17.4 Å². The number of rotatable bonds is 9. The number of hydrogen-bond donors (Lipinski definition) is 1. The van der Waals surface area contributed by atoms with Crippen LogP contribution < -0.4 is 15.6 Å². The molecule has 0 fully saturated rings. The van der Waals surface area contributed by atoms with Crippen molar-refractivity contribution in [2.75, 3.05) is 32.2 Å². The highest BCUT2D eigenvalue weighted by atomic mass is 32.1. The number of esters is 1. The number of aromatic nitrogens is 2. The van der Waals surface area contributed by atoms with E-state index in [0.29, 0.717) is 38.7 Å². The number of carbonyl (C=O) groups is 2. The van der Waals surface area contributed by atoms with Crippen LogP contribution in [-0.4, -0.2) is 48.4 Å². The highest BCUT2D eigenvalue weighted by molar-refractivity contribution is 7.20. The lowest BCUT2D eigenvalue weighted by atomic mass is 10.2. The standard InChI is InChI=1S/C21H23N3O6S/c1-4-29-15-8-6-5-7-14(15)23-16(25)11-24-12-22-19-17(20(24)26)13(2)18(31-19)21(27)30-10-9-28-3/h5-8,12H,4,9-11H2,1-3H3,(H,23,25). The van der Waals surface area contributed by atoms with E-state index in [-0.39, 0.29) is 19.8 Å². The average molecular weight is 445 g/mol. The van der Waals surface area contributed by atoms with Crippen molar-refractivity contribution in [3.8, 4) is 5.75 Å². The molecule has 0 saturated heterocycles. The fourth-order valence-corrected chi connectivity index (χ4v) is 3.98. The number of nitrogens with one attached hydrogen (secondary N) is 1. The van der Waals surface area contributed by atoms with Crippen molar-refractivity contribution >= 4 is 39.1 Å². The summed E-state index contributed by atoms with van der Waals surface area (Å²) in [7, 11) is 1.51. The summed E-state index contributed by atoms with van der Waals surface area (Å²) in [5.41, 5.74) is 0.601. The number of aryl methyl sites for hydroxylation is 1. The number of para-hydroxylation sites is 2. The first-order valence-corrected chi connectivity index (χ1v) is 10.4. The van der Waals surface area contributed by atoms with Gasteiger partial charge in [0, 0.05) is 7.11 Å². The molecule has 1 amide bonds. The molecule has 0 unspecified atom stereocenters. The molecule has 0 spiro atoms. The van der Waals surface area contributed by atoms with Gasteiger partial charge in [-0.2, -0.15) is 0 Å². The number of ether oxygens (including phenoxy) is 3. The number of fused-ring (bicyclic) bond motifs is 1. The van der Waals surface area contributed by atoms with Gasteiger partial charge in [-0.1, -0.05) is 12.1 Å². The summed E-state index contributed by atoms with van der Waals surface area (Å²) in [6, 6.07) is 7.05. The van der Waals surface area contributed by atoms with Crippen molar-refractivity contribution in [1.82, 2.24) is 9.55 Å². The molecule has 3 aromatic rings. The first-order chi connectivity index (χ1) is 15.0. The Bertz CT molecular complexity index is 1150. The van der Waals surface area contributed by atoms with Crippen molar-refractivity contribution < 1.29 is 23.8 Å². The highest BCUT2D eigenvalue weighted by Gasteiger charge is 2.21. The molecule has 164 valence electrons. The molecule has 2 aromatic heterocycles. The summed E-state index contributed by atoms with van der Waals surface area (Å²) < 4.78 is 16.7. The third-order valence-corrected chi connectivity index (χ3v) is 5.58. The molecule has 0 saturated carbocycles. The van der Waals surface area contributed by atoms with Crippen LogP contribution in [0.1, 0.15) is 22.2 Å². The van der Waals surface area contributed by atoms with Crippen molar-refractivity contribution in [2.45, 2.75) is 20.4 Å². The molecule has 31 heavy (non-hydrogen) atoms. The molecule has 0 aliphatic heterocycles. The van der Waals surface area contributed by atoms with Gasteiger partial charge in [0.25, 0.3) is 5.56 Å². The Morgan fingerprint density at radius 1 is 1.23 bits per heavy atom. The molecule has 0 aliphatic carbocycles. The second kappa shape index (κ2) is 10.2. The molecule has 10 heteroatoms. The molecule has 0 aliphatic rings. The van der Waals surface area contributed by atoms with Crippen molar-refractivity contribution in [3.05, 3.63) is 51.4 Å². The number of methoxy groups -OCH3 is 1. The quantitative estimate of drug-likeness (QED) is 0.398. The van der Waals surface area contributed by atoms with Crippen LogP contribution in [-0.2, 0) is 20.8 Å². The molecular weight excluding hydrogens is 422 g/mol. The maximum atomic E-state index is 13.0. The van der Waals surface area contributed by atoms with Crippen molar-refractivity contribution in [3.63, 3.8) is 0 Å². The summed E-state index contributed by atoms with van der Waals surface area (Å²) in [5.74, 6) is -0.388. The minimum absolute atomic E-state index is 0.115. The number of amides is 1. The summed E-state index contributed by atoms with van der Waals surface area (Å²) in [5, 5.41) is 3.05. The number of thiophene rings is 1. The predicted octanol–water partition coefficient (Wildman–Crippen LogP) is 2.61. The van der Waals surface area contributed by atoms with Crippen molar-refractivity contribution in [2.24, 2.45) is 0 Å². The predicted molar refractivity (Wildman–Crippen MR) is 117 cm³/mol. The minimum Gasteiger partial charge on any atom is -0.492 e. The maximum absolute atomic E-state index is 13.0. The largest absolute Gasteiger partial charge is 0.492 e. The van der Waals surface area contributed by atoms with Gasteiger partial charge in [-0.15, -0.1) is 11.3 Å². The zero-order chi connectivity index (χ0) is 22.4. The Hall–Kier alpha value is -3.24. The van der Waals surface area contributed by atoms with Gasteiger partial charge < -0.3 is 19.5 Å². The van der Waals surface area contributed by atoms with Crippen LogP contribution in [0.2, 0.25) is 0 Å². The fourth-order valence-electron chi connectivity index (χ4n) is 2.95. The number of benzene rings is 1. The Kier molecular flexibility index (Phi) is 7.37. The van der Waals surface area contributed by atoms with Crippen LogP contribution in [0.3, 0.4) is 0 Å². The van der Waals surface area contributed by atoms with E-state index in [1.807, 2.05) is 6.92 Å². The summed E-state index contributed by atoms with van der Waals surface area (Å²) in [4.78, 5) is 42.8. The SMILES string of the molecule is CCOc1ccccc1NC(=O)Cn1cnc2sc(C(=O)OCCOC)c(C)c2c1=O. The van der Waals surface area contributed by atoms with Gasteiger partial charge in [0.05, 0.1) is 30.6 Å². The normalized spacial score (nSPS) is 10.8. The first-order valence-electron chi connectivity index (χ1n) is 9.62. The van der Waals surface area contributed by atoms with Crippen molar-refractivity contribution in [1.29, 1.82) is 0 Å². The lowest BCUT2D eigenvalue weighted by Crippen LogP contribution is -2.28. The zero-order valence-electron chi connectivity index (χ0n) is 17.5. The number of nitrogens with zero attached hydrogens (tertiary/aromatic N) is 2. The summed E-state index contributed by atoms with van der Waals surface area (Å²) >= 11 is 1.08. The van der Waals surface area contributed by atoms with Gasteiger partial charge >= 0.3 is 5.97 Å². The minimum atomic E-state index is -0.534. The molecule has 3 rings (SSSR count). The van der Waals surface area contributed by atoms with E-state index in [0.717, 1.165) is 11.3 Å². The topological polar surface area (TPSA) is 109 Å². The van der Waals surface area contributed by atoms with Gasteiger partial charge in [0.2, 0.25) is 5.91 Å². The second-order valence-electron chi connectivity index (χ2n) is 6.52. The van der Waals surface area contributed by atoms with Crippen LogP contribution in [0.4, 0.5) is 5.69 Å². The van der Waals surface area contributed by atoms with E-state index in [9.17, 15) is 14.4 Å². The fraction of sp³-hybridized carbons (Fsp3) is 0.333. The molecular formula is C21H23N3O6S. The Morgan fingerprint density at radius 2 is 2.00 bits per heavy atom. The van der Waals surface area contributed by atoms with Crippen LogP contribution in [0, 0.1) is 6.92 Å². The Labute approximate surface area is 182 Å². The molecule has 0 atom stereocenters. The summed E-state index contributed by atoms with van der Waals surface area (Å²) in [6.45, 7) is 4.14. The van der Waals surface area contributed by atoms with E-state index >= 15 is 0 Å². The van der Waals surface area contributed by atoms with E-state index in [2.05, 4.69) is 10.3 Å². The van der Waals surface area contributed by atoms with Crippen LogP contribution >= 0.6 is 11.3 Å². The van der Waals surface area contributed by atoms with Gasteiger partial charge in [-0.3, -0.25) is 14.2 Å². The molecule has 9 nitrogen and oxygen atoms in total. The monoisotopic (exact) mass is 445 g/mol. The highest BCUT2D eigenvalue weighted by Crippen LogP contribution is 2.27. The smallest absolute Gasteiger partial charge is 0.348 e. The van der Waals surface area contributed by atoms with Crippen LogP contribution in [0.5, 0.6) is 5.75 Å². The molecule has 1 aromatic carbocycles. The third kappa shape index (κ3) is 5.09. The number of hydrogen-bond acceptors (Lipinski definition) is 8. The van der Waals surface area contributed by atoms with Gasteiger partial charge in [-0.05, 0) is 31.5 Å². The van der Waals surface area contributed by atoms with Crippen LogP contribution in [0.15, 0.2) is 35.4 Å². The lowest BCUT2D eigenvalue weighted by molar-refractivity contribution is -0.116. The molecule has 0 bridgehead atoms. The third-order valence-electron chi connectivity index (χ3n) is 4.40. The molecule has 2 heterocycles. The first kappa shape index (κ1) is 22.4. The summed E-state index contributed by atoms with van der Waals surface area (Å²) in [6.07, 6.45) is 1.30. The maximum Gasteiger partial charge on any atom is 0.348 e. The Morgan fingerprint density at radius 3 is 2.74 bits per heavy atom. The number of carbonyl (C=O) groups excluding carboxylic acids is 2. The van der Waals surface area contributed by atoms with E-state index in [4.69, 9.17) is 14.2 Å². The molecule has 0 radical (unpaired) electrons. The zero-order valence-corrected chi connectivity index (χ0v) is 18.3. The lowest BCUT2D eigenvalue weighted by Gasteiger charge is -2.11. The van der Waals surface area contributed by atoms with E-state index in [1.165, 1.54) is 18.0 Å². The average Bonchev–Trinajstić information content (AvgIpc) is 3.09. The van der Waals surface area contributed by atoms with Crippen LogP contribution in [0.25, 0.3) is 10.2 Å². The van der Waals surface area contributed by atoms with Gasteiger partial charge in [0.1, 0.15) is 28.6 Å². The Balaban J connectivity index is 1.81. The van der Waals surface area contributed by atoms with Gasteiger partial charge in [0.15, 0.2) is 0 Å².